The summed E-state index contributed by atoms with van der Waals surface area (Å²) in [6.07, 6.45) is 2.01. The summed E-state index contributed by atoms with van der Waals surface area (Å²) < 4.78 is 1.32. The van der Waals surface area contributed by atoms with Crippen molar-refractivity contribution < 1.29 is 9.59 Å². The van der Waals surface area contributed by atoms with E-state index in [9.17, 15) is 9.59 Å². The Hall–Kier alpha value is -1.72. The molecule has 1 rings (SSSR count). The maximum atomic E-state index is 11.4. The lowest BCUT2D eigenvalue weighted by atomic mass is 10.1. The molecule has 0 radical (unpaired) electrons. The van der Waals surface area contributed by atoms with Gasteiger partial charge in [0.25, 0.3) is 0 Å². The molecule has 0 saturated carbocycles. The van der Waals surface area contributed by atoms with E-state index >= 15 is 0 Å². The second-order valence-corrected chi connectivity index (χ2v) is 4.26. The van der Waals surface area contributed by atoms with E-state index in [1.54, 1.807) is 0 Å². The highest BCUT2D eigenvalue weighted by atomic mass is 16.2. The average Bonchev–Trinajstić information content (AvgIpc) is 2.48. The predicted molar refractivity (Wildman–Crippen MR) is 53.3 cm³/mol. The van der Waals surface area contributed by atoms with E-state index in [-0.39, 0.29) is 23.7 Å². The van der Waals surface area contributed by atoms with Crippen molar-refractivity contribution in [2.75, 3.05) is 0 Å². The molecule has 6 nitrogen and oxygen atoms in total. The van der Waals surface area contributed by atoms with Crippen molar-refractivity contribution in [3.63, 3.8) is 0 Å². The summed E-state index contributed by atoms with van der Waals surface area (Å²) in [5, 5.41) is 9.96. The van der Waals surface area contributed by atoms with Crippen molar-refractivity contribution in [2.24, 2.45) is 0 Å². The fourth-order valence-electron chi connectivity index (χ4n) is 1.05. The molecule has 6 heteroatoms. The predicted octanol–water partition coefficient (Wildman–Crippen LogP) is 0.00530. The molecular formula is C9H14N4O2. The van der Waals surface area contributed by atoms with Crippen molar-refractivity contribution in [2.45, 2.75) is 32.9 Å². The van der Waals surface area contributed by atoms with Gasteiger partial charge in [0.05, 0.1) is 6.20 Å². The fraction of sp³-hybridized carbons (Fsp3) is 0.556. The van der Waals surface area contributed by atoms with Gasteiger partial charge in [0.1, 0.15) is 12.2 Å². The van der Waals surface area contributed by atoms with Crippen molar-refractivity contribution >= 4 is 12.2 Å². The van der Waals surface area contributed by atoms with E-state index in [1.165, 1.54) is 10.9 Å². The Labute approximate surface area is 87.7 Å². The van der Waals surface area contributed by atoms with Gasteiger partial charge in [-0.05, 0) is 20.8 Å². The van der Waals surface area contributed by atoms with E-state index < -0.39 is 0 Å². The standard InChI is InChI=1S/C9H14N4O2/c1-9(2,3)10-8(15)5-13-4-7(6-14)11-12-13/h4,6H,5H2,1-3H3,(H,10,15). The van der Waals surface area contributed by atoms with E-state index in [4.69, 9.17) is 0 Å². The van der Waals surface area contributed by atoms with Crippen molar-refractivity contribution in [3.05, 3.63) is 11.9 Å². The Morgan fingerprint density at radius 3 is 2.73 bits per heavy atom. The highest BCUT2D eigenvalue weighted by molar-refractivity contribution is 5.76. The number of rotatable bonds is 3. The van der Waals surface area contributed by atoms with E-state index in [0.717, 1.165) is 0 Å². The van der Waals surface area contributed by atoms with Crippen LogP contribution in [0.1, 0.15) is 31.3 Å². The molecule has 15 heavy (non-hydrogen) atoms. The van der Waals surface area contributed by atoms with Crippen LogP contribution in [0, 0.1) is 0 Å². The summed E-state index contributed by atoms with van der Waals surface area (Å²) in [6.45, 7) is 5.74. The number of hydrogen-bond donors (Lipinski definition) is 1. The lowest BCUT2D eigenvalue weighted by Crippen LogP contribution is -2.42. The van der Waals surface area contributed by atoms with E-state index in [1.807, 2.05) is 20.8 Å². The van der Waals surface area contributed by atoms with Crippen LogP contribution in [-0.2, 0) is 11.3 Å². The first kappa shape index (κ1) is 11.4. The van der Waals surface area contributed by atoms with Crippen LogP contribution in [-0.4, -0.2) is 32.7 Å². The molecule has 1 N–H and O–H groups in total. The van der Waals surface area contributed by atoms with Crippen LogP contribution in [0.4, 0.5) is 0 Å². The van der Waals surface area contributed by atoms with Crippen LogP contribution in [0.3, 0.4) is 0 Å². The molecule has 82 valence electrons. The molecular weight excluding hydrogens is 196 g/mol. The van der Waals surface area contributed by atoms with E-state index in [0.29, 0.717) is 6.29 Å². The minimum atomic E-state index is -0.273. The fourth-order valence-corrected chi connectivity index (χ4v) is 1.05. The van der Waals surface area contributed by atoms with E-state index in [2.05, 4.69) is 15.6 Å². The first-order valence-electron chi connectivity index (χ1n) is 4.57. The van der Waals surface area contributed by atoms with Gasteiger partial charge in [-0.25, -0.2) is 4.68 Å². The van der Waals surface area contributed by atoms with Crippen LogP contribution in [0.2, 0.25) is 0 Å². The Morgan fingerprint density at radius 2 is 2.27 bits per heavy atom. The summed E-state index contributed by atoms with van der Waals surface area (Å²) in [4.78, 5) is 21.8. The quantitative estimate of drug-likeness (QED) is 0.713. The molecule has 1 heterocycles. The number of amides is 1. The Balaban J connectivity index is 2.55. The Bertz CT molecular complexity index is 364. The molecule has 0 saturated heterocycles. The van der Waals surface area contributed by atoms with Gasteiger partial charge in [-0.1, -0.05) is 5.21 Å². The zero-order chi connectivity index (χ0) is 11.5. The highest BCUT2D eigenvalue weighted by Crippen LogP contribution is 1.98. The molecule has 0 aliphatic heterocycles. The van der Waals surface area contributed by atoms with Crippen molar-refractivity contribution in [1.82, 2.24) is 20.3 Å². The number of nitrogens with zero attached hydrogens (tertiary/aromatic N) is 3. The monoisotopic (exact) mass is 210 g/mol. The van der Waals surface area contributed by atoms with Crippen molar-refractivity contribution in [1.29, 1.82) is 0 Å². The van der Waals surface area contributed by atoms with Gasteiger partial charge in [0.15, 0.2) is 6.29 Å². The summed E-state index contributed by atoms with van der Waals surface area (Å²) in [5.74, 6) is -0.162. The molecule has 1 aromatic heterocycles. The van der Waals surface area contributed by atoms with Crippen LogP contribution in [0.15, 0.2) is 6.20 Å². The van der Waals surface area contributed by atoms with Crippen molar-refractivity contribution in [3.8, 4) is 0 Å². The molecule has 0 aromatic carbocycles. The molecule has 0 aliphatic rings. The molecule has 0 unspecified atom stereocenters. The molecule has 0 fully saturated rings. The highest BCUT2D eigenvalue weighted by Gasteiger charge is 2.14. The maximum absolute atomic E-state index is 11.4. The summed E-state index contributed by atoms with van der Waals surface area (Å²) in [6, 6.07) is 0. The largest absolute Gasteiger partial charge is 0.350 e. The second-order valence-electron chi connectivity index (χ2n) is 4.26. The molecule has 1 aromatic rings. The van der Waals surface area contributed by atoms with Gasteiger partial charge in [-0.2, -0.15) is 0 Å². The molecule has 0 spiro atoms. The first-order valence-corrected chi connectivity index (χ1v) is 4.57. The minimum absolute atomic E-state index is 0.0676. The Kier molecular flexibility index (Phi) is 3.18. The third-order valence-electron chi connectivity index (χ3n) is 1.50. The number of aldehydes is 1. The van der Waals surface area contributed by atoms with Gasteiger partial charge in [0, 0.05) is 5.54 Å². The first-order chi connectivity index (χ1) is 6.90. The number of carbonyl (C=O) groups excluding carboxylic acids is 2. The average molecular weight is 210 g/mol. The molecule has 0 bridgehead atoms. The summed E-state index contributed by atoms with van der Waals surface area (Å²) in [5.41, 5.74) is -0.0518. The van der Waals surface area contributed by atoms with Gasteiger partial charge in [0.2, 0.25) is 5.91 Å². The lowest BCUT2D eigenvalue weighted by molar-refractivity contribution is -0.123. The van der Waals surface area contributed by atoms with Gasteiger partial charge in [-0.3, -0.25) is 9.59 Å². The number of nitrogens with one attached hydrogen (secondary N) is 1. The molecule has 1 amide bonds. The van der Waals surface area contributed by atoms with Crippen LogP contribution in [0.5, 0.6) is 0 Å². The third-order valence-corrected chi connectivity index (χ3v) is 1.50. The van der Waals surface area contributed by atoms with Gasteiger partial charge < -0.3 is 5.32 Å². The molecule has 0 atom stereocenters. The number of hydrogen-bond acceptors (Lipinski definition) is 4. The smallest absolute Gasteiger partial charge is 0.242 e. The lowest BCUT2D eigenvalue weighted by Gasteiger charge is -2.20. The second kappa shape index (κ2) is 4.20. The number of aromatic nitrogens is 3. The van der Waals surface area contributed by atoms with Gasteiger partial charge >= 0.3 is 0 Å². The Morgan fingerprint density at radius 1 is 1.60 bits per heavy atom. The number of carbonyl (C=O) groups is 2. The topological polar surface area (TPSA) is 76.9 Å². The van der Waals surface area contributed by atoms with Crippen LogP contribution in [0.25, 0.3) is 0 Å². The zero-order valence-corrected chi connectivity index (χ0v) is 9.02. The maximum Gasteiger partial charge on any atom is 0.242 e. The zero-order valence-electron chi connectivity index (χ0n) is 9.02. The normalized spacial score (nSPS) is 11.1. The van der Waals surface area contributed by atoms with Crippen LogP contribution >= 0.6 is 0 Å². The third kappa shape index (κ3) is 3.88. The van der Waals surface area contributed by atoms with Gasteiger partial charge in [-0.15, -0.1) is 5.10 Å². The van der Waals surface area contributed by atoms with Crippen LogP contribution < -0.4 is 5.32 Å². The SMILES string of the molecule is CC(C)(C)NC(=O)Cn1cc(C=O)nn1. The minimum Gasteiger partial charge on any atom is -0.350 e. The summed E-state index contributed by atoms with van der Waals surface area (Å²) in [7, 11) is 0. The summed E-state index contributed by atoms with van der Waals surface area (Å²) >= 11 is 0. The molecule has 0 aliphatic carbocycles.